The molecule has 17 heavy (non-hydrogen) atoms. The molecule has 1 aromatic carbocycles. The minimum absolute atomic E-state index is 0.373. The molecule has 2 rings (SSSR count). The van der Waals surface area contributed by atoms with E-state index in [0.29, 0.717) is 6.42 Å². The van der Waals surface area contributed by atoms with Crippen molar-refractivity contribution >= 4 is 15.9 Å². The van der Waals surface area contributed by atoms with Gasteiger partial charge in [0.25, 0.3) is 0 Å². The van der Waals surface area contributed by atoms with Crippen LogP contribution in [0, 0.1) is 25.2 Å². The Hall–Kier alpha value is -1.60. The number of halogens is 1. The number of benzene rings is 1. The van der Waals surface area contributed by atoms with Gasteiger partial charge in [-0.15, -0.1) is 0 Å². The van der Waals surface area contributed by atoms with Crippen LogP contribution in [0.2, 0.25) is 0 Å². The summed E-state index contributed by atoms with van der Waals surface area (Å²) in [7, 11) is 0. The first kappa shape index (κ1) is 11.9. The van der Waals surface area contributed by atoms with Crippen molar-refractivity contribution in [3.8, 4) is 11.8 Å². The second kappa shape index (κ2) is 4.72. The Kier molecular flexibility index (Phi) is 3.30. The maximum Gasteiger partial charge on any atom is 0.114 e. The molecule has 0 spiro atoms. The lowest BCUT2D eigenvalue weighted by Crippen LogP contribution is -1.97. The molecule has 0 aliphatic carbocycles. The van der Waals surface area contributed by atoms with E-state index in [2.05, 4.69) is 33.2 Å². The molecule has 0 saturated carbocycles. The maximum atomic E-state index is 8.78. The zero-order valence-corrected chi connectivity index (χ0v) is 11.3. The molecule has 3 nitrogen and oxygen atoms in total. The molecule has 2 aromatic rings. The van der Waals surface area contributed by atoms with Gasteiger partial charge in [-0.1, -0.05) is 12.1 Å². The first-order valence-corrected chi connectivity index (χ1v) is 6.10. The summed E-state index contributed by atoms with van der Waals surface area (Å²) in [6, 6.07) is 10.3. The summed E-state index contributed by atoms with van der Waals surface area (Å²) in [5, 5.41) is 13.2. The van der Waals surface area contributed by atoms with E-state index in [4.69, 9.17) is 5.26 Å². The average molecular weight is 290 g/mol. The van der Waals surface area contributed by atoms with Gasteiger partial charge in [-0.05, 0) is 47.5 Å². The predicted octanol–water partition coefficient (Wildman–Crippen LogP) is 3.32. The van der Waals surface area contributed by atoms with Crippen molar-refractivity contribution in [1.82, 2.24) is 9.78 Å². The topological polar surface area (TPSA) is 41.6 Å². The third-order valence-corrected chi connectivity index (χ3v) is 3.44. The molecule has 0 saturated heterocycles. The number of aromatic nitrogens is 2. The zero-order valence-electron chi connectivity index (χ0n) is 9.74. The van der Waals surface area contributed by atoms with Crippen molar-refractivity contribution in [2.45, 2.75) is 20.3 Å². The van der Waals surface area contributed by atoms with Crippen molar-refractivity contribution in [3.05, 3.63) is 45.7 Å². The Bertz CT molecular complexity index is 593. The van der Waals surface area contributed by atoms with Crippen molar-refractivity contribution in [2.75, 3.05) is 0 Å². The summed E-state index contributed by atoms with van der Waals surface area (Å²) in [5.41, 5.74) is 4.03. The van der Waals surface area contributed by atoms with Crippen molar-refractivity contribution < 1.29 is 0 Å². The molecule has 0 radical (unpaired) electrons. The van der Waals surface area contributed by atoms with Gasteiger partial charge in [0.1, 0.15) is 4.60 Å². The number of hydrogen-bond donors (Lipinski definition) is 0. The molecule has 0 aliphatic heterocycles. The highest BCUT2D eigenvalue weighted by Crippen LogP contribution is 2.24. The Balaban J connectivity index is 2.54. The van der Waals surface area contributed by atoms with E-state index in [9.17, 15) is 0 Å². The van der Waals surface area contributed by atoms with Crippen LogP contribution in [0.15, 0.2) is 28.9 Å². The normalized spacial score (nSPS) is 10.2. The Morgan fingerprint density at radius 1 is 1.41 bits per heavy atom. The second-order valence-corrected chi connectivity index (χ2v) is 4.69. The van der Waals surface area contributed by atoms with Crippen LogP contribution in [0.1, 0.15) is 16.8 Å². The molecular formula is C13H12BrN3. The number of nitrogens with zero attached hydrogens (tertiary/aromatic N) is 3. The predicted molar refractivity (Wildman–Crippen MR) is 70.1 cm³/mol. The van der Waals surface area contributed by atoms with Crippen LogP contribution in [0.25, 0.3) is 5.69 Å². The summed E-state index contributed by atoms with van der Waals surface area (Å²) >= 11 is 3.51. The number of nitriles is 1. The van der Waals surface area contributed by atoms with Gasteiger partial charge in [-0.2, -0.15) is 10.4 Å². The van der Waals surface area contributed by atoms with Gasteiger partial charge in [0, 0.05) is 5.56 Å². The highest BCUT2D eigenvalue weighted by atomic mass is 79.9. The highest BCUT2D eigenvalue weighted by Gasteiger charge is 2.13. The SMILES string of the molecule is Cc1cccc(-n2nc(C)c(CC#N)c2Br)c1. The fourth-order valence-electron chi connectivity index (χ4n) is 1.74. The van der Waals surface area contributed by atoms with E-state index in [1.54, 1.807) is 0 Å². The number of rotatable bonds is 2. The first-order valence-electron chi connectivity index (χ1n) is 5.31. The molecule has 0 aliphatic rings. The van der Waals surface area contributed by atoms with Gasteiger partial charge in [0.15, 0.2) is 0 Å². The van der Waals surface area contributed by atoms with Crippen molar-refractivity contribution in [1.29, 1.82) is 5.26 Å². The van der Waals surface area contributed by atoms with Gasteiger partial charge < -0.3 is 0 Å². The molecule has 0 fully saturated rings. The number of hydrogen-bond acceptors (Lipinski definition) is 2. The van der Waals surface area contributed by atoms with E-state index >= 15 is 0 Å². The summed E-state index contributed by atoms with van der Waals surface area (Å²) in [6.07, 6.45) is 0.373. The van der Waals surface area contributed by atoms with Crippen LogP contribution in [-0.4, -0.2) is 9.78 Å². The maximum absolute atomic E-state index is 8.78. The fraction of sp³-hybridized carbons (Fsp3) is 0.231. The minimum atomic E-state index is 0.373. The highest BCUT2D eigenvalue weighted by molar-refractivity contribution is 9.10. The van der Waals surface area contributed by atoms with E-state index in [1.807, 2.05) is 36.7 Å². The summed E-state index contributed by atoms with van der Waals surface area (Å²) in [5.74, 6) is 0. The lowest BCUT2D eigenvalue weighted by atomic mass is 10.2. The second-order valence-electron chi connectivity index (χ2n) is 3.94. The zero-order chi connectivity index (χ0) is 12.4. The summed E-state index contributed by atoms with van der Waals surface area (Å²) < 4.78 is 2.69. The molecule has 1 heterocycles. The molecule has 0 amide bonds. The molecule has 0 unspecified atom stereocenters. The van der Waals surface area contributed by atoms with Crippen LogP contribution in [0.3, 0.4) is 0 Å². The van der Waals surface area contributed by atoms with E-state index in [0.717, 1.165) is 21.5 Å². The molecule has 86 valence electrons. The van der Waals surface area contributed by atoms with Crippen LogP contribution in [-0.2, 0) is 6.42 Å². The molecular weight excluding hydrogens is 278 g/mol. The van der Waals surface area contributed by atoms with Gasteiger partial charge in [-0.25, -0.2) is 4.68 Å². The minimum Gasteiger partial charge on any atom is -0.226 e. The first-order chi connectivity index (χ1) is 8.13. The van der Waals surface area contributed by atoms with Gasteiger partial charge in [-0.3, -0.25) is 0 Å². The fourth-order valence-corrected chi connectivity index (χ4v) is 2.45. The lowest BCUT2D eigenvalue weighted by molar-refractivity contribution is 0.844. The van der Waals surface area contributed by atoms with Gasteiger partial charge in [0.2, 0.25) is 0 Å². The average Bonchev–Trinajstić information content (AvgIpc) is 2.57. The molecule has 0 N–H and O–H groups in total. The standard InChI is InChI=1S/C13H12BrN3/c1-9-4-3-5-11(8-9)17-13(14)12(6-7-15)10(2)16-17/h3-5,8H,6H2,1-2H3. The Morgan fingerprint density at radius 3 is 2.82 bits per heavy atom. The largest absolute Gasteiger partial charge is 0.226 e. The van der Waals surface area contributed by atoms with Crippen LogP contribution >= 0.6 is 15.9 Å². The quantitative estimate of drug-likeness (QED) is 0.851. The Labute approximate surface area is 109 Å². The van der Waals surface area contributed by atoms with E-state index < -0.39 is 0 Å². The molecule has 4 heteroatoms. The van der Waals surface area contributed by atoms with Crippen LogP contribution in [0.4, 0.5) is 0 Å². The smallest absolute Gasteiger partial charge is 0.114 e. The van der Waals surface area contributed by atoms with Crippen LogP contribution in [0.5, 0.6) is 0 Å². The third kappa shape index (κ3) is 2.25. The number of aryl methyl sites for hydroxylation is 2. The third-order valence-electron chi connectivity index (χ3n) is 2.62. The molecule has 0 bridgehead atoms. The van der Waals surface area contributed by atoms with Crippen molar-refractivity contribution in [2.24, 2.45) is 0 Å². The Morgan fingerprint density at radius 2 is 2.18 bits per heavy atom. The van der Waals surface area contributed by atoms with Gasteiger partial charge in [0.05, 0.1) is 23.9 Å². The van der Waals surface area contributed by atoms with E-state index in [1.165, 1.54) is 5.56 Å². The molecule has 1 aromatic heterocycles. The van der Waals surface area contributed by atoms with Crippen LogP contribution < -0.4 is 0 Å². The van der Waals surface area contributed by atoms with Gasteiger partial charge >= 0.3 is 0 Å². The summed E-state index contributed by atoms with van der Waals surface area (Å²) in [4.78, 5) is 0. The van der Waals surface area contributed by atoms with E-state index in [-0.39, 0.29) is 0 Å². The monoisotopic (exact) mass is 289 g/mol. The summed E-state index contributed by atoms with van der Waals surface area (Å²) in [6.45, 7) is 3.97. The molecule has 0 atom stereocenters. The van der Waals surface area contributed by atoms with Crippen molar-refractivity contribution in [3.63, 3.8) is 0 Å². The lowest BCUT2D eigenvalue weighted by Gasteiger charge is -2.04.